The van der Waals surface area contributed by atoms with Crippen LogP contribution < -0.4 is 15.5 Å². The summed E-state index contributed by atoms with van der Waals surface area (Å²) in [4.78, 5) is 27.8. The van der Waals surface area contributed by atoms with Crippen molar-refractivity contribution >= 4 is 27.5 Å². The fourth-order valence-corrected chi connectivity index (χ4v) is 6.22. The number of pyridine rings is 1. The number of hydrogen-bond donors (Lipinski definition) is 3. The maximum absolute atomic E-state index is 13.0. The van der Waals surface area contributed by atoms with Gasteiger partial charge in [0.05, 0.1) is 31.6 Å². The smallest absolute Gasteiger partial charge is 0.320 e. The van der Waals surface area contributed by atoms with Crippen molar-refractivity contribution in [3.05, 3.63) is 30.1 Å². The topological polar surface area (TPSA) is 147 Å². The molecule has 0 unspecified atom stereocenters. The Kier molecular flexibility index (Phi) is 7.53. The number of aliphatic hydroxyl groups is 1. The number of ether oxygens (including phenoxy) is 1. The van der Waals surface area contributed by atoms with E-state index in [0.717, 1.165) is 12.8 Å². The number of morpholine rings is 1. The lowest BCUT2D eigenvalue weighted by Gasteiger charge is -2.35. The van der Waals surface area contributed by atoms with Gasteiger partial charge in [0, 0.05) is 37.2 Å². The third-order valence-electron chi connectivity index (χ3n) is 6.62. The summed E-state index contributed by atoms with van der Waals surface area (Å²) in [5.41, 5.74) is 1.12. The Morgan fingerprint density at radius 3 is 2.69 bits per heavy atom. The average molecular weight is 505 g/mol. The van der Waals surface area contributed by atoms with E-state index in [4.69, 9.17) is 19.8 Å². The first-order chi connectivity index (χ1) is 16.7. The molecule has 1 saturated carbocycles. The molecule has 0 aromatic carbocycles. The van der Waals surface area contributed by atoms with Gasteiger partial charge in [-0.05, 0) is 31.9 Å². The monoisotopic (exact) mass is 504 g/mol. The van der Waals surface area contributed by atoms with Gasteiger partial charge in [-0.3, -0.25) is 5.32 Å². The summed E-state index contributed by atoms with van der Waals surface area (Å²) in [6, 6.07) is 4.80. The third kappa shape index (κ3) is 5.39. The van der Waals surface area contributed by atoms with Crippen LogP contribution in [0.1, 0.15) is 38.3 Å². The lowest BCUT2D eigenvalue weighted by Crippen LogP contribution is -2.44. The van der Waals surface area contributed by atoms with Gasteiger partial charge < -0.3 is 20.1 Å². The van der Waals surface area contributed by atoms with E-state index < -0.39 is 20.6 Å². The molecule has 2 aliphatic rings. The Morgan fingerprint density at radius 2 is 2.06 bits per heavy atom. The normalized spacial score (nSPS) is 20.0. The fourth-order valence-electron chi connectivity index (χ4n) is 4.70. The number of nitrogens with one attached hydrogen (secondary N) is 2. The van der Waals surface area contributed by atoms with Gasteiger partial charge in [0.1, 0.15) is 16.4 Å². The summed E-state index contributed by atoms with van der Waals surface area (Å²) >= 11 is 0. The van der Waals surface area contributed by atoms with Crippen molar-refractivity contribution in [3.63, 3.8) is 0 Å². The first-order valence-corrected chi connectivity index (χ1v) is 13.7. The molecule has 0 bridgehead atoms. The maximum atomic E-state index is 13.0. The predicted molar refractivity (Wildman–Crippen MR) is 132 cm³/mol. The average Bonchev–Trinajstić information content (AvgIpc) is 3.35. The fraction of sp³-hybridized carbons (Fsp3) is 0.565. The molecule has 1 saturated heterocycles. The molecule has 190 valence electrons. The molecular weight excluding hydrogens is 472 g/mol. The number of sulfone groups is 1. The van der Waals surface area contributed by atoms with E-state index in [-0.39, 0.29) is 19.2 Å². The van der Waals surface area contributed by atoms with Crippen LogP contribution in [0.2, 0.25) is 0 Å². The van der Waals surface area contributed by atoms with Crippen LogP contribution in [0.25, 0.3) is 11.4 Å². The third-order valence-corrected chi connectivity index (χ3v) is 8.66. The van der Waals surface area contributed by atoms with Crippen LogP contribution in [0.5, 0.6) is 0 Å². The number of rotatable bonds is 7. The highest BCUT2D eigenvalue weighted by Crippen LogP contribution is 2.45. The molecule has 2 aromatic rings. The second-order valence-corrected chi connectivity index (χ2v) is 11.4. The van der Waals surface area contributed by atoms with Gasteiger partial charge in [0.25, 0.3) is 0 Å². The minimum absolute atomic E-state index is 0.0826. The molecule has 11 nitrogen and oxygen atoms in total. The molecule has 1 atom stereocenters. The minimum Gasteiger partial charge on any atom is -0.395 e. The number of carbonyl (C=O) groups excluding carboxylic acids is 1. The van der Waals surface area contributed by atoms with Gasteiger partial charge in [-0.15, -0.1) is 0 Å². The Hall–Kier alpha value is -2.83. The highest BCUT2D eigenvalue weighted by atomic mass is 32.2. The van der Waals surface area contributed by atoms with E-state index in [2.05, 4.69) is 20.5 Å². The Bertz CT molecular complexity index is 1150. The van der Waals surface area contributed by atoms with Crippen LogP contribution >= 0.6 is 0 Å². The van der Waals surface area contributed by atoms with Crippen LogP contribution in [0.15, 0.2) is 24.4 Å². The molecule has 2 amide bonds. The molecular formula is C23H32N6O5S. The Morgan fingerprint density at radius 1 is 1.29 bits per heavy atom. The van der Waals surface area contributed by atoms with Crippen LogP contribution in [-0.2, 0) is 19.3 Å². The number of carbonyl (C=O) groups is 1. The zero-order valence-electron chi connectivity index (χ0n) is 20.0. The van der Waals surface area contributed by atoms with Crippen LogP contribution in [0, 0.1) is 0 Å². The summed E-state index contributed by atoms with van der Waals surface area (Å²) in [6.07, 6.45) is 5.57. The molecule has 2 aromatic heterocycles. The standard InChI is InChI=1S/C23H32N6O5S/c1-16-15-34-12-10-29(16)20-13-18(23(35(2,32)33)7-3-4-8-23)26-21(28-20)17-5-6-19(25-14-17)27-22(31)24-9-11-30/h5-6,13-14,16,30H,3-4,7-12,15H2,1-2H3,(H2,24,25,27,31)/t16-/m0/s1. The first kappa shape index (κ1) is 25.3. The SMILES string of the molecule is C[C@H]1COCCN1c1cc(C2(S(C)(=O)=O)CCCC2)nc(-c2ccc(NC(=O)NCCO)nc2)n1. The molecule has 0 radical (unpaired) electrons. The van der Waals surface area contributed by atoms with Crippen molar-refractivity contribution in [2.45, 2.75) is 43.4 Å². The van der Waals surface area contributed by atoms with Gasteiger partial charge in [-0.25, -0.2) is 28.2 Å². The molecule has 1 aliphatic heterocycles. The highest BCUT2D eigenvalue weighted by molar-refractivity contribution is 7.91. The van der Waals surface area contributed by atoms with Crippen molar-refractivity contribution in [1.82, 2.24) is 20.3 Å². The lowest BCUT2D eigenvalue weighted by molar-refractivity contribution is 0.0985. The molecule has 1 aliphatic carbocycles. The molecule has 3 N–H and O–H groups in total. The summed E-state index contributed by atoms with van der Waals surface area (Å²) in [6.45, 7) is 3.80. The van der Waals surface area contributed by atoms with E-state index in [1.807, 2.05) is 13.0 Å². The second kappa shape index (κ2) is 10.4. The number of urea groups is 1. The van der Waals surface area contributed by atoms with Crippen LogP contribution in [0.4, 0.5) is 16.4 Å². The van der Waals surface area contributed by atoms with Gasteiger partial charge in [-0.2, -0.15) is 0 Å². The summed E-state index contributed by atoms with van der Waals surface area (Å²) in [5, 5.41) is 13.9. The second-order valence-electron chi connectivity index (χ2n) is 9.06. The van der Waals surface area contributed by atoms with Crippen molar-refractivity contribution in [2.75, 3.05) is 49.4 Å². The zero-order chi connectivity index (χ0) is 25.1. The Labute approximate surface area is 205 Å². The lowest BCUT2D eigenvalue weighted by atomic mass is 10.0. The van der Waals surface area contributed by atoms with Crippen molar-refractivity contribution in [3.8, 4) is 11.4 Å². The van der Waals surface area contributed by atoms with Crippen molar-refractivity contribution in [2.24, 2.45) is 0 Å². The molecule has 12 heteroatoms. The molecule has 0 spiro atoms. The van der Waals surface area contributed by atoms with Crippen LogP contribution in [0.3, 0.4) is 0 Å². The number of amides is 2. The molecule has 3 heterocycles. The van der Waals surface area contributed by atoms with E-state index in [1.165, 1.54) is 6.26 Å². The largest absolute Gasteiger partial charge is 0.395 e. The van der Waals surface area contributed by atoms with Gasteiger partial charge in [0.2, 0.25) is 0 Å². The molecule has 35 heavy (non-hydrogen) atoms. The molecule has 4 rings (SSSR count). The van der Waals surface area contributed by atoms with E-state index in [1.54, 1.807) is 18.3 Å². The van der Waals surface area contributed by atoms with Crippen LogP contribution in [-0.4, -0.2) is 79.7 Å². The number of anilines is 2. The number of aromatic nitrogens is 3. The molecule has 2 fully saturated rings. The predicted octanol–water partition coefficient (Wildman–Crippen LogP) is 1.69. The van der Waals surface area contributed by atoms with E-state index in [0.29, 0.717) is 61.3 Å². The van der Waals surface area contributed by atoms with E-state index >= 15 is 0 Å². The minimum atomic E-state index is -3.43. The quantitative estimate of drug-likeness (QED) is 0.512. The summed E-state index contributed by atoms with van der Waals surface area (Å²) in [5.74, 6) is 1.38. The van der Waals surface area contributed by atoms with Crippen molar-refractivity contribution < 1.29 is 23.1 Å². The van der Waals surface area contributed by atoms with Gasteiger partial charge in [0.15, 0.2) is 15.7 Å². The number of nitrogens with zero attached hydrogens (tertiary/aromatic N) is 4. The number of hydrogen-bond acceptors (Lipinski definition) is 9. The summed E-state index contributed by atoms with van der Waals surface area (Å²) in [7, 11) is -3.43. The highest BCUT2D eigenvalue weighted by Gasteiger charge is 2.47. The zero-order valence-corrected chi connectivity index (χ0v) is 20.8. The van der Waals surface area contributed by atoms with Crippen molar-refractivity contribution in [1.29, 1.82) is 0 Å². The van der Waals surface area contributed by atoms with Gasteiger partial charge in [-0.1, -0.05) is 12.8 Å². The van der Waals surface area contributed by atoms with Gasteiger partial charge >= 0.3 is 6.03 Å². The maximum Gasteiger partial charge on any atom is 0.320 e. The van der Waals surface area contributed by atoms with E-state index in [9.17, 15) is 13.2 Å². The summed E-state index contributed by atoms with van der Waals surface area (Å²) < 4.78 is 30.6. The Balaban J connectivity index is 1.73. The number of aliphatic hydroxyl groups excluding tert-OH is 1. The first-order valence-electron chi connectivity index (χ1n) is 11.8.